The summed E-state index contributed by atoms with van der Waals surface area (Å²) in [7, 11) is 4.11. The molecule has 0 spiro atoms. The van der Waals surface area contributed by atoms with Gasteiger partial charge in [-0.3, -0.25) is 0 Å². The van der Waals surface area contributed by atoms with Crippen molar-refractivity contribution >= 4 is 11.1 Å². The molecule has 3 heteroatoms. The summed E-state index contributed by atoms with van der Waals surface area (Å²) >= 11 is 1.80. The van der Waals surface area contributed by atoms with Crippen molar-refractivity contribution in [3.8, 4) is 5.75 Å². The van der Waals surface area contributed by atoms with E-state index >= 15 is 0 Å². The van der Waals surface area contributed by atoms with Crippen LogP contribution in [0, 0.1) is 24.7 Å². The molecule has 1 unspecified atom stereocenters. The predicted molar refractivity (Wildman–Crippen MR) is 119 cm³/mol. The fourth-order valence-corrected chi connectivity index (χ4v) is 4.25. The standard InChI is InChI=1S/C26H28AtNO/c1-20(27)25(21-10-6-4-7-11-21)26(22-12-8-5-9-13-22)23-14-16-24(17-15-23)29-19-18-28(2)3/h4-17,20H,18-19H2,1-3H3/b26-25-. The number of rotatable bonds is 8. The Labute approximate surface area is 190 Å². The van der Waals surface area contributed by atoms with Gasteiger partial charge in [-0.25, -0.2) is 0 Å². The van der Waals surface area contributed by atoms with Gasteiger partial charge in [-0.1, -0.05) is 0 Å². The van der Waals surface area contributed by atoms with Crippen LogP contribution in [0.1, 0.15) is 23.6 Å². The molecule has 1 atom stereocenters. The van der Waals surface area contributed by atoms with E-state index in [0.717, 1.165) is 12.3 Å². The van der Waals surface area contributed by atoms with Crippen molar-refractivity contribution in [2.75, 3.05) is 27.2 Å². The molecule has 0 saturated carbocycles. The molecule has 29 heavy (non-hydrogen) atoms. The number of nitrogens with zero attached hydrogens (tertiary/aromatic N) is 1. The Kier molecular flexibility index (Phi) is 8.03. The van der Waals surface area contributed by atoms with Crippen LogP contribution in [0.5, 0.6) is 5.75 Å². The van der Waals surface area contributed by atoms with Gasteiger partial charge in [0.05, 0.1) is 0 Å². The molecule has 2 nitrogen and oxygen atoms in total. The Morgan fingerprint density at radius 2 is 1.31 bits per heavy atom. The molecule has 0 bridgehead atoms. The molecule has 0 aliphatic heterocycles. The number of hydrogen-bond donors (Lipinski definition) is 0. The molecule has 0 amide bonds. The normalized spacial score (nSPS) is 13.1. The molecular weight excluding hydrogens is 552 g/mol. The zero-order valence-corrected chi connectivity index (χ0v) is 20.2. The molecular formula is C26H28AtNO. The fraction of sp³-hybridized carbons (Fsp3) is 0.231. The second kappa shape index (κ2) is 10.7. The Morgan fingerprint density at radius 1 is 0.793 bits per heavy atom. The van der Waals surface area contributed by atoms with E-state index in [1.165, 1.54) is 27.8 Å². The maximum atomic E-state index is 5.89. The summed E-state index contributed by atoms with van der Waals surface area (Å²) < 4.78 is 6.34. The molecule has 0 aromatic heterocycles. The minimum absolute atomic E-state index is 0.448. The average Bonchev–Trinajstić information content (AvgIpc) is 2.73. The second-order valence-electron chi connectivity index (χ2n) is 7.31. The van der Waals surface area contributed by atoms with Crippen molar-refractivity contribution in [3.63, 3.8) is 0 Å². The summed E-state index contributed by atoms with van der Waals surface area (Å²) in [4.78, 5) is 2.13. The van der Waals surface area contributed by atoms with E-state index in [1.807, 2.05) is 0 Å². The molecule has 0 radical (unpaired) electrons. The fourth-order valence-electron chi connectivity index (χ4n) is 3.34. The van der Waals surface area contributed by atoms with E-state index in [-0.39, 0.29) is 0 Å². The van der Waals surface area contributed by atoms with Gasteiger partial charge >= 0.3 is 191 Å². The summed E-state index contributed by atoms with van der Waals surface area (Å²) in [6.45, 7) is 3.89. The van der Waals surface area contributed by atoms with Gasteiger partial charge < -0.3 is 0 Å². The zero-order valence-electron chi connectivity index (χ0n) is 17.3. The van der Waals surface area contributed by atoms with E-state index in [2.05, 4.69) is 111 Å². The SMILES string of the molecule is CC([At])/C(=C(\c1ccccc1)c1ccc(OCCN(C)C)cc1)c1ccccc1. The van der Waals surface area contributed by atoms with Gasteiger partial charge in [0.15, 0.2) is 0 Å². The van der Waals surface area contributed by atoms with Crippen LogP contribution in [0.25, 0.3) is 11.1 Å². The van der Waals surface area contributed by atoms with Crippen molar-refractivity contribution in [1.82, 2.24) is 4.90 Å². The molecule has 0 saturated heterocycles. The Bertz CT molecular complexity index is 916. The summed E-state index contributed by atoms with van der Waals surface area (Å²) in [5, 5.41) is 0. The van der Waals surface area contributed by atoms with Crippen molar-refractivity contribution < 1.29 is 29.5 Å². The average molecular weight is 581 g/mol. The molecule has 150 valence electrons. The third-order valence-corrected chi connectivity index (χ3v) is 5.61. The summed E-state index contributed by atoms with van der Waals surface area (Å²) in [5.41, 5.74) is 6.43. The molecule has 0 heterocycles. The first kappa shape index (κ1) is 21.7. The summed E-state index contributed by atoms with van der Waals surface area (Å²) in [6, 6.07) is 30.0. The minimum atomic E-state index is 0.448. The van der Waals surface area contributed by atoms with Gasteiger partial charge in [-0.2, -0.15) is 0 Å². The number of hydrogen-bond acceptors (Lipinski definition) is 2. The molecule has 0 aliphatic carbocycles. The van der Waals surface area contributed by atoms with Crippen molar-refractivity contribution in [3.05, 3.63) is 102 Å². The first-order valence-corrected chi connectivity index (χ1v) is 11.6. The van der Waals surface area contributed by atoms with Gasteiger partial charge in [0.2, 0.25) is 0 Å². The van der Waals surface area contributed by atoms with Gasteiger partial charge in [0.25, 0.3) is 0 Å². The Hall–Kier alpha value is -1.96. The monoisotopic (exact) mass is 580 g/mol. The van der Waals surface area contributed by atoms with Crippen molar-refractivity contribution in [2.24, 2.45) is 0 Å². The third kappa shape index (κ3) is 6.01. The number of ether oxygens (including phenoxy) is 1. The van der Waals surface area contributed by atoms with Crippen LogP contribution in [0.4, 0.5) is 0 Å². The van der Waals surface area contributed by atoms with E-state index in [1.54, 1.807) is 24.7 Å². The third-order valence-electron chi connectivity index (χ3n) is 4.76. The van der Waals surface area contributed by atoms with Crippen molar-refractivity contribution in [2.45, 2.75) is 10.5 Å². The van der Waals surface area contributed by atoms with Crippen LogP contribution < -0.4 is 4.74 Å². The number of allylic oxidation sites excluding steroid dienone is 1. The van der Waals surface area contributed by atoms with Crippen LogP contribution >= 0.6 is 0 Å². The molecule has 3 aromatic rings. The van der Waals surface area contributed by atoms with Gasteiger partial charge in [-0.05, 0) is 0 Å². The van der Waals surface area contributed by atoms with E-state index in [9.17, 15) is 0 Å². The van der Waals surface area contributed by atoms with E-state index in [4.69, 9.17) is 4.74 Å². The van der Waals surface area contributed by atoms with Crippen LogP contribution in [0.15, 0.2) is 84.9 Å². The predicted octanol–water partition coefficient (Wildman–Crippen LogP) is 5.94. The molecule has 3 aromatic carbocycles. The van der Waals surface area contributed by atoms with Gasteiger partial charge in [-0.15, -0.1) is 0 Å². The topological polar surface area (TPSA) is 12.5 Å². The first-order chi connectivity index (χ1) is 14.1. The van der Waals surface area contributed by atoms with Gasteiger partial charge in [0, 0.05) is 0 Å². The van der Waals surface area contributed by atoms with E-state index < -0.39 is 0 Å². The number of benzene rings is 3. The van der Waals surface area contributed by atoms with Crippen LogP contribution in [0.3, 0.4) is 0 Å². The molecule has 0 N–H and O–H groups in total. The second-order valence-corrected chi connectivity index (χ2v) is 9.86. The quantitative estimate of drug-likeness (QED) is 0.306. The molecule has 3 rings (SSSR count). The van der Waals surface area contributed by atoms with Crippen LogP contribution in [-0.4, -0.2) is 32.1 Å². The maximum absolute atomic E-state index is 5.89. The van der Waals surface area contributed by atoms with Gasteiger partial charge in [0.1, 0.15) is 0 Å². The van der Waals surface area contributed by atoms with Crippen LogP contribution in [-0.2, 0) is 0 Å². The summed E-state index contributed by atoms with van der Waals surface area (Å²) in [5.74, 6) is 0.914. The Morgan fingerprint density at radius 3 is 1.83 bits per heavy atom. The Balaban J connectivity index is 2.05. The number of likely N-dealkylation sites (N-methyl/N-ethyl adjacent to an activating group) is 1. The zero-order chi connectivity index (χ0) is 20.6. The van der Waals surface area contributed by atoms with Crippen LogP contribution in [0.2, 0.25) is 3.63 Å². The molecule has 0 fully saturated rings. The van der Waals surface area contributed by atoms with Crippen molar-refractivity contribution in [1.29, 1.82) is 0 Å². The molecule has 0 aliphatic rings. The summed E-state index contributed by atoms with van der Waals surface area (Å²) in [6.07, 6.45) is 0. The van der Waals surface area contributed by atoms with E-state index in [0.29, 0.717) is 10.2 Å². The first-order valence-electron chi connectivity index (χ1n) is 9.93.